The lowest BCUT2D eigenvalue weighted by Gasteiger charge is -2.33. The molecule has 1 aromatic carbocycles. The van der Waals surface area contributed by atoms with Gasteiger partial charge >= 0.3 is 0 Å². The molecular formula is C14H23ClN2O. The molecule has 102 valence electrons. The number of hydrogen-bond donors (Lipinski definition) is 1. The highest BCUT2D eigenvalue weighted by atomic mass is 35.5. The van der Waals surface area contributed by atoms with E-state index in [0.29, 0.717) is 23.4 Å². The van der Waals surface area contributed by atoms with Crippen LogP contribution in [0.2, 0.25) is 5.02 Å². The van der Waals surface area contributed by atoms with Crippen molar-refractivity contribution in [1.82, 2.24) is 0 Å². The van der Waals surface area contributed by atoms with Crippen molar-refractivity contribution in [1.29, 1.82) is 0 Å². The van der Waals surface area contributed by atoms with E-state index in [0.717, 1.165) is 25.1 Å². The summed E-state index contributed by atoms with van der Waals surface area (Å²) in [7, 11) is 1.72. The molecule has 1 rings (SSSR count). The molecule has 0 radical (unpaired) electrons. The fourth-order valence-electron chi connectivity index (χ4n) is 2.17. The number of nitrogens with zero attached hydrogens (tertiary/aromatic N) is 1. The number of rotatable bonds is 7. The van der Waals surface area contributed by atoms with Crippen LogP contribution in [0.3, 0.4) is 0 Å². The molecule has 0 saturated heterocycles. The Labute approximate surface area is 115 Å². The van der Waals surface area contributed by atoms with Gasteiger partial charge in [0, 0.05) is 25.4 Å². The molecule has 0 spiro atoms. The van der Waals surface area contributed by atoms with E-state index in [1.807, 2.05) is 12.1 Å². The van der Waals surface area contributed by atoms with Crippen molar-refractivity contribution in [2.24, 2.45) is 0 Å². The zero-order valence-electron chi connectivity index (χ0n) is 11.4. The van der Waals surface area contributed by atoms with Crippen LogP contribution in [0.25, 0.3) is 0 Å². The number of anilines is 2. The first-order valence-corrected chi connectivity index (χ1v) is 6.82. The maximum atomic E-state index is 6.30. The fourth-order valence-corrected chi connectivity index (χ4v) is 2.47. The normalized spacial score (nSPS) is 10.9. The topological polar surface area (TPSA) is 38.5 Å². The molecule has 0 unspecified atom stereocenters. The first-order valence-electron chi connectivity index (χ1n) is 6.44. The molecule has 0 bridgehead atoms. The number of nitrogen functional groups attached to an aromatic ring is 1. The van der Waals surface area contributed by atoms with E-state index in [4.69, 9.17) is 22.1 Å². The van der Waals surface area contributed by atoms with E-state index in [1.54, 1.807) is 13.2 Å². The van der Waals surface area contributed by atoms with Crippen molar-refractivity contribution < 1.29 is 4.74 Å². The zero-order chi connectivity index (χ0) is 13.5. The van der Waals surface area contributed by atoms with Gasteiger partial charge < -0.3 is 15.4 Å². The summed E-state index contributed by atoms with van der Waals surface area (Å²) in [5.41, 5.74) is 7.47. The minimum absolute atomic E-state index is 0.473. The summed E-state index contributed by atoms with van der Waals surface area (Å²) in [6.45, 7) is 5.92. The lowest BCUT2D eigenvalue weighted by molar-refractivity contribution is 0.202. The molecule has 0 aliphatic heterocycles. The summed E-state index contributed by atoms with van der Waals surface area (Å²) in [5, 5.41) is 0.706. The van der Waals surface area contributed by atoms with Crippen LogP contribution in [0.5, 0.6) is 0 Å². The first kappa shape index (κ1) is 15.1. The summed E-state index contributed by atoms with van der Waals surface area (Å²) in [4.78, 5) is 2.31. The van der Waals surface area contributed by atoms with Crippen LogP contribution in [-0.4, -0.2) is 26.3 Å². The van der Waals surface area contributed by atoms with Gasteiger partial charge in [-0.1, -0.05) is 25.4 Å². The lowest BCUT2D eigenvalue weighted by Crippen LogP contribution is -2.37. The molecule has 0 amide bonds. The number of halogens is 1. The second-order valence-electron chi connectivity index (χ2n) is 4.37. The molecule has 0 aromatic heterocycles. The standard InChI is InChI=1S/C14H23ClN2O/c1-4-12(5-2)17(8-9-18-3)14-7-6-11(16)10-13(14)15/h6-7,10,12H,4-5,8-9,16H2,1-3H3. The summed E-state index contributed by atoms with van der Waals surface area (Å²) < 4.78 is 5.19. The Morgan fingerprint density at radius 1 is 1.33 bits per heavy atom. The Kier molecular flexibility index (Phi) is 6.30. The summed E-state index contributed by atoms with van der Waals surface area (Å²) >= 11 is 6.30. The van der Waals surface area contributed by atoms with Crippen LogP contribution in [0.1, 0.15) is 26.7 Å². The average molecular weight is 271 g/mol. The molecule has 4 heteroatoms. The van der Waals surface area contributed by atoms with Gasteiger partial charge in [0.1, 0.15) is 0 Å². The van der Waals surface area contributed by atoms with Gasteiger partial charge in [0.25, 0.3) is 0 Å². The third kappa shape index (κ3) is 3.79. The van der Waals surface area contributed by atoms with Crippen LogP contribution >= 0.6 is 11.6 Å². The lowest BCUT2D eigenvalue weighted by atomic mass is 10.1. The number of ether oxygens (including phenoxy) is 1. The highest BCUT2D eigenvalue weighted by Crippen LogP contribution is 2.30. The third-order valence-corrected chi connectivity index (χ3v) is 3.50. The van der Waals surface area contributed by atoms with Crippen molar-refractivity contribution in [3.8, 4) is 0 Å². The van der Waals surface area contributed by atoms with Crippen LogP contribution in [0.15, 0.2) is 18.2 Å². The third-order valence-electron chi connectivity index (χ3n) is 3.20. The molecule has 0 aliphatic rings. The molecule has 2 N–H and O–H groups in total. The molecule has 0 atom stereocenters. The van der Waals surface area contributed by atoms with E-state index in [2.05, 4.69) is 18.7 Å². The average Bonchev–Trinajstić information content (AvgIpc) is 2.35. The Bertz CT molecular complexity index is 367. The van der Waals surface area contributed by atoms with Crippen molar-refractivity contribution in [3.05, 3.63) is 23.2 Å². The number of hydrogen-bond acceptors (Lipinski definition) is 3. The number of methoxy groups -OCH3 is 1. The van der Waals surface area contributed by atoms with Crippen LogP contribution < -0.4 is 10.6 Å². The minimum Gasteiger partial charge on any atom is -0.399 e. The Hall–Kier alpha value is -0.930. The van der Waals surface area contributed by atoms with E-state index in [9.17, 15) is 0 Å². The second-order valence-corrected chi connectivity index (χ2v) is 4.77. The molecule has 1 aromatic rings. The predicted octanol–water partition coefficient (Wildman–Crippen LogP) is 3.56. The first-order chi connectivity index (χ1) is 8.63. The highest BCUT2D eigenvalue weighted by molar-refractivity contribution is 6.33. The number of benzene rings is 1. The quantitative estimate of drug-likeness (QED) is 0.770. The number of nitrogens with two attached hydrogens (primary N) is 1. The van der Waals surface area contributed by atoms with Gasteiger partial charge in [0.15, 0.2) is 0 Å². The fraction of sp³-hybridized carbons (Fsp3) is 0.571. The molecule has 0 aliphatic carbocycles. The van der Waals surface area contributed by atoms with Crippen LogP contribution in [0.4, 0.5) is 11.4 Å². The Morgan fingerprint density at radius 3 is 2.50 bits per heavy atom. The van der Waals surface area contributed by atoms with E-state index in [1.165, 1.54) is 0 Å². The van der Waals surface area contributed by atoms with Gasteiger partial charge in [-0.3, -0.25) is 0 Å². The van der Waals surface area contributed by atoms with Crippen molar-refractivity contribution >= 4 is 23.0 Å². The maximum absolute atomic E-state index is 6.30. The summed E-state index contributed by atoms with van der Waals surface area (Å²) in [6, 6.07) is 6.16. The van der Waals surface area contributed by atoms with Crippen LogP contribution in [0, 0.1) is 0 Å². The molecule has 18 heavy (non-hydrogen) atoms. The Balaban J connectivity index is 3.00. The second kappa shape index (κ2) is 7.49. The van der Waals surface area contributed by atoms with Gasteiger partial charge in [-0.05, 0) is 31.0 Å². The molecule has 0 saturated carbocycles. The van der Waals surface area contributed by atoms with Crippen molar-refractivity contribution in [2.45, 2.75) is 32.7 Å². The predicted molar refractivity (Wildman–Crippen MR) is 79.5 cm³/mol. The molecule has 0 fully saturated rings. The molecule has 3 nitrogen and oxygen atoms in total. The van der Waals surface area contributed by atoms with Gasteiger partial charge in [-0.2, -0.15) is 0 Å². The smallest absolute Gasteiger partial charge is 0.0660 e. The van der Waals surface area contributed by atoms with Crippen LogP contribution in [-0.2, 0) is 4.74 Å². The maximum Gasteiger partial charge on any atom is 0.0660 e. The van der Waals surface area contributed by atoms with Gasteiger partial charge in [0.05, 0.1) is 17.3 Å². The van der Waals surface area contributed by atoms with E-state index in [-0.39, 0.29) is 0 Å². The van der Waals surface area contributed by atoms with Crippen molar-refractivity contribution in [2.75, 3.05) is 30.9 Å². The molecule has 0 heterocycles. The monoisotopic (exact) mass is 270 g/mol. The van der Waals surface area contributed by atoms with Gasteiger partial charge in [-0.25, -0.2) is 0 Å². The van der Waals surface area contributed by atoms with Gasteiger partial charge in [0.2, 0.25) is 0 Å². The van der Waals surface area contributed by atoms with E-state index < -0.39 is 0 Å². The van der Waals surface area contributed by atoms with E-state index >= 15 is 0 Å². The summed E-state index contributed by atoms with van der Waals surface area (Å²) in [5.74, 6) is 0. The van der Waals surface area contributed by atoms with Gasteiger partial charge in [-0.15, -0.1) is 0 Å². The Morgan fingerprint density at radius 2 is 2.00 bits per heavy atom. The minimum atomic E-state index is 0.473. The summed E-state index contributed by atoms with van der Waals surface area (Å²) in [6.07, 6.45) is 2.17. The largest absolute Gasteiger partial charge is 0.399 e. The zero-order valence-corrected chi connectivity index (χ0v) is 12.2. The molecular weight excluding hydrogens is 248 g/mol. The SMILES string of the molecule is CCC(CC)N(CCOC)c1ccc(N)cc1Cl. The van der Waals surface area contributed by atoms with Crippen molar-refractivity contribution in [3.63, 3.8) is 0 Å². The highest BCUT2D eigenvalue weighted by Gasteiger charge is 2.17.